The van der Waals surface area contributed by atoms with Gasteiger partial charge in [0.25, 0.3) is 17.5 Å². The zero-order chi connectivity index (χ0) is 22.0. The Labute approximate surface area is 179 Å². The van der Waals surface area contributed by atoms with Gasteiger partial charge in [-0.3, -0.25) is 19.7 Å². The van der Waals surface area contributed by atoms with Gasteiger partial charge in [-0.05, 0) is 55.2 Å². The van der Waals surface area contributed by atoms with Gasteiger partial charge >= 0.3 is 0 Å². The number of benzene rings is 2. The van der Waals surface area contributed by atoms with Crippen molar-refractivity contribution in [3.05, 3.63) is 68.8 Å². The molecule has 2 aromatic carbocycles. The largest absolute Gasteiger partial charge is 0.371 e. The number of nitro groups is 1. The van der Waals surface area contributed by atoms with Gasteiger partial charge < -0.3 is 20.7 Å². The second-order valence-electron chi connectivity index (χ2n) is 7.83. The average molecular weight is 424 g/mol. The molecule has 9 heteroatoms. The molecule has 0 bridgehead atoms. The van der Waals surface area contributed by atoms with Gasteiger partial charge in [0.05, 0.1) is 17.6 Å². The van der Waals surface area contributed by atoms with Crippen LogP contribution in [0.4, 0.5) is 11.4 Å². The standard InChI is InChI=1S/C22H24N4O5/c1-13-2-3-15(21(27)24-16-5-6-16)11-18(13)25-22(28)17-10-14(4-7-19(17)26(29)30)20-12-23-8-9-31-20/h2-4,7,10-11,16,20,23H,5-6,8-9,12H2,1H3,(H,24,27)(H,25,28). The molecular weight excluding hydrogens is 400 g/mol. The van der Waals surface area contributed by atoms with Crippen molar-refractivity contribution >= 4 is 23.2 Å². The fourth-order valence-corrected chi connectivity index (χ4v) is 3.46. The van der Waals surface area contributed by atoms with Crippen molar-refractivity contribution in [1.29, 1.82) is 0 Å². The Morgan fingerprint density at radius 3 is 2.65 bits per heavy atom. The van der Waals surface area contributed by atoms with Crippen LogP contribution >= 0.6 is 0 Å². The molecule has 162 valence electrons. The van der Waals surface area contributed by atoms with Gasteiger partial charge in [-0.25, -0.2) is 0 Å². The van der Waals surface area contributed by atoms with E-state index in [1.807, 2.05) is 0 Å². The first kappa shape index (κ1) is 21.0. The molecule has 1 heterocycles. The van der Waals surface area contributed by atoms with Crippen molar-refractivity contribution in [2.45, 2.75) is 31.9 Å². The molecule has 4 rings (SSSR count). The number of hydrogen-bond acceptors (Lipinski definition) is 6. The minimum atomic E-state index is -0.611. The van der Waals surface area contributed by atoms with Gasteiger partial charge in [-0.15, -0.1) is 0 Å². The number of carbonyl (C=O) groups is 2. The van der Waals surface area contributed by atoms with Gasteiger partial charge in [0.1, 0.15) is 5.56 Å². The summed E-state index contributed by atoms with van der Waals surface area (Å²) >= 11 is 0. The van der Waals surface area contributed by atoms with E-state index in [2.05, 4.69) is 16.0 Å². The second-order valence-corrected chi connectivity index (χ2v) is 7.83. The predicted octanol–water partition coefficient (Wildman–Crippen LogP) is 2.71. The highest BCUT2D eigenvalue weighted by Crippen LogP contribution is 2.28. The first-order valence-corrected chi connectivity index (χ1v) is 10.3. The summed E-state index contributed by atoms with van der Waals surface area (Å²) in [7, 11) is 0. The number of aryl methyl sites for hydroxylation is 1. The number of nitro benzene ring substituents is 1. The molecule has 2 aromatic rings. The van der Waals surface area contributed by atoms with E-state index in [1.165, 1.54) is 12.1 Å². The number of carbonyl (C=O) groups excluding carboxylic acids is 2. The summed E-state index contributed by atoms with van der Waals surface area (Å²) in [6.07, 6.45) is 1.67. The molecule has 31 heavy (non-hydrogen) atoms. The molecule has 1 aliphatic carbocycles. The van der Waals surface area contributed by atoms with Crippen molar-refractivity contribution in [1.82, 2.24) is 10.6 Å². The first-order chi connectivity index (χ1) is 14.9. The third kappa shape index (κ3) is 4.89. The number of morpholine rings is 1. The van der Waals surface area contributed by atoms with Gasteiger partial charge in [0.15, 0.2) is 0 Å². The maximum Gasteiger partial charge on any atom is 0.282 e. The Balaban J connectivity index is 1.59. The molecule has 2 fully saturated rings. The van der Waals surface area contributed by atoms with Gasteiger partial charge in [-0.1, -0.05) is 6.07 Å². The van der Waals surface area contributed by atoms with Gasteiger partial charge in [-0.2, -0.15) is 0 Å². The highest BCUT2D eigenvalue weighted by Gasteiger charge is 2.26. The Morgan fingerprint density at radius 1 is 1.16 bits per heavy atom. The van der Waals surface area contributed by atoms with Crippen LogP contribution in [-0.4, -0.2) is 42.5 Å². The molecule has 3 N–H and O–H groups in total. The van der Waals surface area contributed by atoms with Crippen LogP contribution in [-0.2, 0) is 4.74 Å². The zero-order valence-electron chi connectivity index (χ0n) is 17.1. The predicted molar refractivity (Wildman–Crippen MR) is 114 cm³/mol. The Kier molecular flexibility index (Phi) is 5.97. The molecule has 0 spiro atoms. The van der Waals surface area contributed by atoms with Crippen LogP contribution in [0, 0.1) is 17.0 Å². The third-order valence-corrected chi connectivity index (χ3v) is 5.42. The summed E-state index contributed by atoms with van der Waals surface area (Å²) in [5.41, 5.74) is 1.96. The summed E-state index contributed by atoms with van der Waals surface area (Å²) in [5, 5.41) is 20.4. The van der Waals surface area contributed by atoms with Crippen LogP contribution < -0.4 is 16.0 Å². The Hall–Kier alpha value is -3.30. The minimum absolute atomic E-state index is 0.0519. The summed E-state index contributed by atoms with van der Waals surface area (Å²) in [5.74, 6) is -0.812. The van der Waals surface area contributed by atoms with Crippen molar-refractivity contribution < 1.29 is 19.2 Å². The molecule has 1 unspecified atom stereocenters. The molecule has 2 amide bonds. The third-order valence-electron chi connectivity index (χ3n) is 5.42. The molecule has 0 radical (unpaired) electrons. The topological polar surface area (TPSA) is 123 Å². The van der Waals surface area contributed by atoms with E-state index < -0.39 is 10.8 Å². The van der Waals surface area contributed by atoms with E-state index >= 15 is 0 Å². The summed E-state index contributed by atoms with van der Waals surface area (Å²) in [6, 6.07) is 9.69. The van der Waals surface area contributed by atoms with Gasteiger partial charge in [0, 0.05) is 36.4 Å². The fourth-order valence-electron chi connectivity index (χ4n) is 3.46. The number of ether oxygens (including phenoxy) is 1. The second kappa shape index (κ2) is 8.83. The minimum Gasteiger partial charge on any atom is -0.371 e. The van der Waals surface area contributed by atoms with Crippen LogP contribution in [0.25, 0.3) is 0 Å². The van der Waals surface area contributed by atoms with Gasteiger partial charge in [0.2, 0.25) is 0 Å². The lowest BCUT2D eigenvalue weighted by Gasteiger charge is -2.24. The van der Waals surface area contributed by atoms with Crippen LogP contribution in [0.5, 0.6) is 0 Å². The number of nitrogens with zero attached hydrogens (tertiary/aromatic N) is 1. The van der Waals surface area contributed by atoms with E-state index in [-0.39, 0.29) is 29.3 Å². The summed E-state index contributed by atoms with van der Waals surface area (Å²) < 4.78 is 5.71. The summed E-state index contributed by atoms with van der Waals surface area (Å²) in [4.78, 5) is 36.3. The molecule has 2 aliphatic rings. The molecule has 1 atom stereocenters. The zero-order valence-corrected chi connectivity index (χ0v) is 17.1. The average Bonchev–Trinajstić information content (AvgIpc) is 3.59. The lowest BCUT2D eigenvalue weighted by atomic mass is 10.0. The number of amides is 2. The number of anilines is 1. The highest BCUT2D eigenvalue weighted by molar-refractivity contribution is 6.08. The van der Waals surface area contributed by atoms with E-state index in [0.717, 1.165) is 24.9 Å². The lowest BCUT2D eigenvalue weighted by molar-refractivity contribution is -0.385. The van der Waals surface area contributed by atoms with Crippen molar-refractivity contribution in [2.24, 2.45) is 0 Å². The SMILES string of the molecule is Cc1ccc(C(=O)NC2CC2)cc1NC(=O)c1cc(C2CNCCO2)ccc1[N+](=O)[O-]. The normalized spacial score (nSPS) is 18.3. The quantitative estimate of drug-likeness (QED) is 0.484. The Morgan fingerprint density at radius 2 is 1.97 bits per heavy atom. The number of nitrogens with one attached hydrogen (secondary N) is 3. The van der Waals surface area contributed by atoms with Crippen molar-refractivity contribution in [3.63, 3.8) is 0 Å². The molecule has 1 saturated carbocycles. The number of hydrogen-bond donors (Lipinski definition) is 3. The number of rotatable bonds is 6. The molecule has 9 nitrogen and oxygen atoms in total. The van der Waals surface area contributed by atoms with E-state index in [4.69, 9.17) is 4.74 Å². The molecule has 0 aromatic heterocycles. The van der Waals surface area contributed by atoms with E-state index in [0.29, 0.717) is 30.0 Å². The smallest absolute Gasteiger partial charge is 0.282 e. The van der Waals surface area contributed by atoms with Crippen molar-refractivity contribution in [2.75, 3.05) is 25.0 Å². The maximum atomic E-state index is 13.0. The van der Waals surface area contributed by atoms with Crippen LogP contribution in [0.15, 0.2) is 36.4 Å². The molecule has 1 aliphatic heterocycles. The molecular formula is C22H24N4O5. The van der Waals surface area contributed by atoms with Crippen LogP contribution in [0.3, 0.4) is 0 Å². The monoisotopic (exact) mass is 424 g/mol. The van der Waals surface area contributed by atoms with Crippen LogP contribution in [0.1, 0.15) is 50.8 Å². The fraction of sp³-hybridized carbons (Fsp3) is 0.364. The summed E-state index contributed by atoms with van der Waals surface area (Å²) in [6.45, 7) is 3.62. The lowest BCUT2D eigenvalue weighted by Crippen LogP contribution is -2.33. The highest BCUT2D eigenvalue weighted by atomic mass is 16.6. The molecule has 1 saturated heterocycles. The first-order valence-electron chi connectivity index (χ1n) is 10.3. The van der Waals surface area contributed by atoms with Crippen molar-refractivity contribution in [3.8, 4) is 0 Å². The Bertz CT molecular complexity index is 1030. The maximum absolute atomic E-state index is 13.0. The van der Waals surface area contributed by atoms with E-state index in [1.54, 1.807) is 31.2 Å². The van der Waals surface area contributed by atoms with E-state index in [9.17, 15) is 19.7 Å². The van der Waals surface area contributed by atoms with Crippen LogP contribution in [0.2, 0.25) is 0 Å².